The van der Waals surface area contributed by atoms with Crippen LogP contribution >= 0.6 is 11.8 Å². The molecule has 0 aliphatic rings. The van der Waals surface area contributed by atoms with Gasteiger partial charge in [0.05, 0.1) is 5.69 Å². The fraction of sp³-hybridized carbons (Fsp3) is 0.333. The van der Waals surface area contributed by atoms with E-state index in [-0.39, 0.29) is 0 Å². The smallest absolute Gasteiger partial charge is 0.212 e. The number of rotatable bonds is 5. The maximum atomic E-state index is 4.61. The van der Waals surface area contributed by atoms with E-state index in [9.17, 15) is 0 Å². The highest BCUT2D eigenvalue weighted by Crippen LogP contribution is 2.20. The molecule has 0 amide bonds. The number of fused-ring (bicyclic) bond motifs is 1. The summed E-state index contributed by atoms with van der Waals surface area (Å²) in [5.74, 6) is 1.71. The van der Waals surface area contributed by atoms with Crippen molar-refractivity contribution in [1.82, 2.24) is 24.8 Å². The Morgan fingerprint density at radius 3 is 2.76 bits per heavy atom. The highest BCUT2D eigenvalue weighted by atomic mass is 32.2. The molecule has 3 rings (SSSR count). The van der Waals surface area contributed by atoms with Gasteiger partial charge in [-0.05, 0) is 36.6 Å². The Balaban J connectivity index is 1.89. The van der Waals surface area contributed by atoms with Crippen LogP contribution in [0.4, 0.5) is 0 Å². The first kappa shape index (κ1) is 14.0. The third kappa shape index (κ3) is 3.21. The van der Waals surface area contributed by atoms with Crippen LogP contribution in [0.15, 0.2) is 41.7 Å². The molecular weight excluding hydrogens is 282 g/mol. The van der Waals surface area contributed by atoms with Crippen molar-refractivity contribution in [3.63, 3.8) is 0 Å². The van der Waals surface area contributed by atoms with Gasteiger partial charge in [0.25, 0.3) is 0 Å². The van der Waals surface area contributed by atoms with Gasteiger partial charge in [-0.25, -0.2) is 0 Å². The van der Waals surface area contributed by atoms with Crippen molar-refractivity contribution in [3.8, 4) is 11.4 Å². The fourth-order valence-electron chi connectivity index (χ4n) is 1.90. The second-order valence-electron chi connectivity index (χ2n) is 5.22. The Labute approximate surface area is 127 Å². The van der Waals surface area contributed by atoms with Crippen LogP contribution in [0.1, 0.15) is 20.3 Å². The van der Waals surface area contributed by atoms with E-state index in [2.05, 4.69) is 34.1 Å². The van der Waals surface area contributed by atoms with Gasteiger partial charge in [-0.3, -0.25) is 4.98 Å². The highest BCUT2D eigenvalue weighted by molar-refractivity contribution is 7.99. The molecule has 0 saturated carbocycles. The molecule has 0 aromatic carbocycles. The maximum absolute atomic E-state index is 4.61. The Kier molecular flexibility index (Phi) is 4.15. The number of hydrogen-bond donors (Lipinski definition) is 0. The molecule has 21 heavy (non-hydrogen) atoms. The zero-order chi connectivity index (χ0) is 14.7. The van der Waals surface area contributed by atoms with E-state index >= 15 is 0 Å². The van der Waals surface area contributed by atoms with E-state index in [0.29, 0.717) is 5.92 Å². The summed E-state index contributed by atoms with van der Waals surface area (Å²) in [7, 11) is 0. The topological polar surface area (TPSA) is 56.0 Å². The van der Waals surface area contributed by atoms with Crippen LogP contribution in [0.2, 0.25) is 0 Å². The van der Waals surface area contributed by atoms with Crippen molar-refractivity contribution >= 4 is 17.4 Å². The first-order valence-electron chi connectivity index (χ1n) is 7.00. The predicted octanol–water partition coefficient (Wildman–Crippen LogP) is 3.32. The van der Waals surface area contributed by atoms with E-state index in [1.807, 2.05) is 30.3 Å². The molecule has 0 N–H and O–H groups in total. The number of hydrogen-bond acceptors (Lipinski definition) is 5. The summed E-state index contributed by atoms with van der Waals surface area (Å²) in [5, 5.41) is 13.8. The van der Waals surface area contributed by atoms with Crippen molar-refractivity contribution in [3.05, 3.63) is 36.5 Å². The van der Waals surface area contributed by atoms with Gasteiger partial charge in [-0.15, -0.1) is 10.2 Å². The Hall–Kier alpha value is -1.95. The lowest BCUT2D eigenvalue weighted by Gasteiger charge is -2.04. The quantitative estimate of drug-likeness (QED) is 0.676. The molecule has 0 saturated heterocycles. The largest absolute Gasteiger partial charge is 0.255 e. The Bertz CT molecular complexity index is 723. The summed E-state index contributed by atoms with van der Waals surface area (Å²) >= 11 is 1.70. The van der Waals surface area contributed by atoms with E-state index in [4.69, 9.17) is 0 Å². The van der Waals surface area contributed by atoms with E-state index in [1.165, 1.54) is 0 Å². The van der Waals surface area contributed by atoms with Gasteiger partial charge < -0.3 is 0 Å². The minimum Gasteiger partial charge on any atom is -0.255 e. The minimum absolute atomic E-state index is 0.689. The SMILES string of the molecule is CC(C)CCSc1nnc2ccc(-c3ccccn3)nn12. The summed E-state index contributed by atoms with van der Waals surface area (Å²) in [6.07, 6.45) is 2.92. The van der Waals surface area contributed by atoms with Crippen molar-refractivity contribution in [2.75, 3.05) is 5.75 Å². The number of thioether (sulfide) groups is 1. The van der Waals surface area contributed by atoms with Crippen LogP contribution in [-0.4, -0.2) is 30.5 Å². The summed E-state index contributed by atoms with van der Waals surface area (Å²) in [6, 6.07) is 9.65. The molecule has 0 aliphatic carbocycles. The Morgan fingerprint density at radius 2 is 2.00 bits per heavy atom. The third-order valence-electron chi connectivity index (χ3n) is 3.09. The number of aromatic nitrogens is 5. The van der Waals surface area contributed by atoms with E-state index < -0.39 is 0 Å². The van der Waals surface area contributed by atoms with Crippen LogP contribution in [0, 0.1) is 5.92 Å². The van der Waals surface area contributed by atoms with E-state index in [0.717, 1.165) is 34.4 Å². The molecule has 3 aromatic heterocycles. The molecule has 0 radical (unpaired) electrons. The molecule has 0 fully saturated rings. The van der Waals surface area contributed by atoms with Gasteiger partial charge in [-0.2, -0.15) is 9.61 Å². The van der Waals surface area contributed by atoms with Crippen LogP contribution in [0.5, 0.6) is 0 Å². The second-order valence-corrected chi connectivity index (χ2v) is 6.28. The average molecular weight is 299 g/mol. The molecule has 0 aliphatic heterocycles. The lowest BCUT2D eigenvalue weighted by molar-refractivity contribution is 0.631. The van der Waals surface area contributed by atoms with Gasteiger partial charge >= 0.3 is 0 Å². The fourth-order valence-corrected chi connectivity index (χ4v) is 3.02. The molecule has 0 spiro atoms. The zero-order valence-corrected chi connectivity index (χ0v) is 12.9. The average Bonchev–Trinajstić information content (AvgIpc) is 2.90. The monoisotopic (exact) mass is 299 g/mol. The zero-order valence-electron chi connectivity index (χ0n) is 12.1. The minimum atomic E-state index is 0.689. The first-order chi connectivity index (χ1) is 10.2. The van der Waals surface area contributed by atoms with Crippen LogP contribution in [0.25, 0.3) is 17.0 Å². The van der Waals surface area contributed by atoms with E-state index in [1.54, 1.807) is 22.5 Å². The summed E-state index contributed by atoms with van der Waals surface area (Å²) in [5.41, 5.74) is 2.45. The summed E-state index contributed by atoms with van der Waals surface area (Å²) < 4.78 is 1.80. The standard InChI is InChI=1S/C15H17N5S/c1-11(2)8-10-21-15-18-17-14-7-6-13(19-20(14)15)12-5-3-4-9-16-12/h3-7,9,11H,8,10H2,1-2H3. The number of nitrogens with zero attached hydrogens (tertiary/aromatic N) is 5. The molecule has 0 atom stereocenters. The van der Waals surface area contributed by atoms with Gasteiger partial charge in [0.15, 0.2) is 5.65 Å². The van der Waals surface area contributed by atoms with Crippen LogP contribution in [0.3, 0.4) is 0 Å². The molecule has 5 nitrogen and oxygen atoms in total. The van der Waals surface area contributed by atoms with Gasteiger partial charge in [0, 0.05) is 11.9 Å². The first-order valence-corrected chi connectivity index (χ1v) is 7.99. The summed E-state index contributed by atoms with van der Waals surface area (Å²) in [4.78, 5) is 4.33. The highest BCUT2D eigenvalue weighted by Gasteiger charge is 2.09. The van der Waals surface area contributed by atoms with Crippen LogP contribution in [-0.2, 0) is 0 Å². The number of pyridine rings is 1. The van der Waals surface area contributed by atoms with Crippen molar-refractivity contribution in [2.45, 2.75) is 25.4 Å². The lowest BCUT2D eigenvalue weighted by Crippen LogP contribution is -1.98. The van der Waals surface area contributed by atoms with Crippen molar-refractivity contribution in [1.29, 1.82) is 0 Å². The molecule has 3 heterocycles. The molecule has 108 valence electrons. The molecule has 0 unspecified atom stereocenters. The predicted molar refractivity (Wildman–Crippen MR) is 84.2 cm³/mol. The van der Waals surface area contributed by atoms with Gasteiger partial charge in [0.2, 0.25) is 5.16 Å². The van der Waals surface area contributed by atoms with Gasteiger partial charge in [-0.1, -0.05) is 31.7 Å². The Morgan fingerprint density at radius 1 is 1.10 bits per heavy atom. The molecule has 0 bridgehead atoms. The lowest BCUT2D eigenvalue weighted by atomic mass is 10.2. The normalized spacial score (nSPS) is 11.4. The van der Waals surface area contributed by atoms with Crippen molar-refractivity contribution < 1.29 is 0 Å². The van der Waals surface area contributed by atoms with Gasteiger partial charge in [0.1, 0.15) is 5.69 Å². The molecule has 6 heteroatoms. The maximum Gasteiger partial charge on any atom is 0.212 e. The van der Waals surface area contributed by atoms with Crippen molar-refractivity contribution in [2.24, 2.45) is 5.92 Å². The summed E-state index contributed by atoms with van der Waals surface area (Å²) in [6.45, 7) is 4.44. The molecule has 3 aromatic rings. The van der Waals surface area contributed by atoms with Crippen LogP contribution < -0.4 is 0 Å². The third-order valence-corrected chi connectivity index (χ3v) is 4.04. The molecular formula is C15H17N5S. The second kappa shape index (κ2) is 6.22.